The molecule has 1 saturated carbocycles. The van der Waals surface area contributed by atoms with Crippen molar-refractivity contribution in [2.75, 3.05) is 19.0 Å². The number of hydrogen-bond donors (Lipinski definition) is 1. The summed E-state index contributed by atoms with van der Waals surface area (Å²) in [7, 11) is 3.44. The van der Waals surface area contributed by atoms with E-state index in [4.69, 9.17) is 4.74 Å². The number of methoxy groups -OCH3 is 1. The zero-order valence-corrected chi connectivity index (χ0v) is 8.99. The van der Waals surface area contributed by atoms with Gasteiger partial charge in [-0.1, -0.05) is 0 Å². The third kappa shape index (κ3) is 2.02. The first-order valence-electron chi connectivity index (χ1n) is 4.95. The molecule has 1 aromatic heterocycles. The molecule has 1 aliphatic rings. The molecule has 1 aromatic rings. The van der Waals surface area contributed by atoms with Crippen molar-refractivity contribution >= 4 is 11.6 Å². The molecule has 0 saturated heterocycles. The number of aryl methyl sites for hydroxylation is 1. The molecule has 0 spiro atoms. The van der Waals surface area contributed by atoms with Gasteiger partial charge in [0.05, 0.1) is 23.9 Å². The van der Waals surface area contributed by atoms with E-state index < -0.39 is 0 Å². The molecular formula is C10H15N3O2. The Kier molecular flexibility index (Phi) is 2.48. The molecular weight excluding hydrogens is 194 g/mol. The number of ether oxygens (including phenoxy) is 1. The number of carbonyl (C=O) groups is 1. The van der Waals surface area contributed by atoms with E-state index >= 15 is 0 Å². The maximum Gasteiger partial charge on any atom is 0.233 e. The van der Waals surface area contributed by atoms with Gasteiger partial charge in [0.2, 0.25) is 5.91 Å². The van der Waals surface area contributed by atoms with Crippen LogP contribution in [0.3, 0.4) is 0 Å². The lowest BCUT2D eigenvalue weighted by Crippen LogP contribution is -2.27. The largest absolute Gasteiger partial charge is 0.384 e. The average molecular weight is 209 g/mol. The Hall–Kier alpha value is -1.36. The molecule has 1 aliphatic carbocycles. The van der Waals surface area contributed by atoms with Gasteiger partial charge in [0.1, 0.15) is 0 Å². The highest BCUT2D eigenvalue weighted by Crippen LogP contribution is 2.46. The second kappa shape index (κ2) is 3.66. The van der Waals surface area contributed by atoms with Gasteiger partial charge in [-0.3, -0.25) is 9.48 Å². The van der Waals surface area contributed by atoms with Gasteiger partial charge in [-0.25, -0.2) is 0 Å². The summed E-state index contributed by atoms with van der Waals surface area (Å²) < 4.78 is 6.71. The lowest BCUT2D eigenvalue weighted by atomic mass is 10.1. The third-order valence-electron chi connectivity index (χ3n) is 2.72. The Morgan fingerprint density at radius 1 is 1.73 bits per heavy atom. The first-order chi connectivity index (χ1) is 7.16. The smallest absolute Gasteiger partial charge is 0.233 e. The summed E-state index contributed by atoms with van der Waals surface area (Å²) >= 11 is 0. The van der Waals surface area contributed by atoms with Gasteiger partial charge < -0.3 is 10.1 Å². The van der Waals surface area contributed by atoms with Gasteiger partial charge in [-0.15, -0.1) is 0 Å². The summed E-state index contributed by atoms with van der Waals surface area (Å²) in [5, 5.41) is 6.84. The molecule has 82 valence electrons. The molecule has 0 bridgehead atoms. The van der Waals surface area contributed by atoms with Crippen LogP contribution in [-0.4, -0.2) is 29.4 Å². The van der Waals surface area contributed by atoms with Crippen LogP contribution in [0, 0.1) is 5.41 Å². The topological polar surface area (TPSA) is 56.1 Å². The monoisotopic (exact) mass is 209 g/mol. The molecule has 5 heteroatoms. The number of hydrogen-bond acceptors (Lipinski definition) is 3. The van der Waals surface area contributed by atoms with E-state index in [0.717, 1.165) is 18.5 Å². The lowest BCUT2D eigenvalue weighted by molar-refractivity contribution is -0.122. The summed E-state index contributed by atoms with van der Waals surface area (Å²) in [4.78, 5) is 11.9. The summed E-state index contributed by atoms with van der Waals surface area (Å²) in [5.74, 6) is 0.0392. The van der Waals surface area contributed by atoms with E-state index in [2.05, 4.69) is 10.4 Å². The van der Waals surface area contributed by atoms with Crippen LogP contribution in [0.25, 0.3) is 0 Å². The van der Waals surface area contributed by atoms with E-state index in [1.54, 1.807) is 24.2 Å². The number of anilines is 1. The quantitative estimate of drug-likeness (QED) is 0.797. The molecule has 1 N–H and O–H groups in total. The minimum Gasteiger partial charge on any atom is -0.384 e. The van der Waals surface area contributed by atoms with Crippen LogP contribution in [0.5, 0.6) is 0 Å². The molecule has 1 heterocycles. The normalized spacial score (nSPS) is 17.5. The zero-order valence-electron chi connectivity index (χ0n) is 8.99. The van der Waals surface area contributed by atoms with Gasteiger partial charge in [0, 0.05) is 20.4 Å². The van der Waals surface area contributed by atoms with Crippen LogP contribution < -0.4 is 5.32 Å². The predicted molar refractivity (Wildman–Crippen MR) is 55.4 cm³/mol. The van der Waals surface area contributed by atoms with Crippen LogP contribution in [0.4, 0.5) is 5.69 Å². The molecule has 0 radical (unpaired) electrons. The van der Waals surface area contributed by atoms with Crippen molar-refractivity contribution in [3.63, 3.8) is 0 Å². The fourth-order valence-electron chi connectivity index (χ4n) is 1.61. The lowest BCUT2D eigenvalue weighted by Gasteiger charge is -2.12. The number of nitrogens with one attached hydrogen (secondary N) is 1. The molecule has 0 aliphatic heterocycles. The Bertz CT molecular complexity index is 368. The molecule has 0 unspecified atom stereocenters. The van der Waals surface area contributed by atoms with Gasteiger partial charge >= 0.3 is 0 Å². The molecule has 2 rings (SSSR count). The molecule has 0 atom stereocenters. The van der Waals surface area contributed by atoms with Crippen molar-refractivity contribution in [2.24, 2.45) is 12.5 Å². The third-order valence-corrected chi connectivity index (χ3v) is 2.72. The van der Waals surface area contributed by atoms with Crippen LogP contribution in [-0.2, 0) is 16.6 Å². The minimum atomic E-state index is -0.287. The molecule has 15 heavy (non-hydrogen) atoms. The second-order valence-electron chi connectivity index (χ2n) is 4.07. The van der Waals surface area contributed by atoms with Crippen LogP contribution in [0.15, 0.2) is 12.4 Å². The Labute approximate surface area is 88.4 Å². The summed E-state index contributed by atoms with van der Waals surface area (Å²) in [6.45, 7) is 0.499. The fourth-order valence-corrected chi connectivity index (χ4v) is 1.61. The van der Waals surface area contributed by atoms with Crippen LogP contribution in [0.1, 0.15) is 12.8 Å². The number of rotatable bonds is 4. The number of nitrogens with zero attached hydrogens (tertiary/aromatic N) is 2. The maximum atomic E-state index is 11.9. The van der Waals surface area contributed by atoms with Crippen molar-refractivity contribution < 1.29 is 9.53 Å². The standard InChI is InChI=1S/C10H15N3O2/c1-13-6-8(5-11-13)12-9(14)10(3-4-10)7-15-2/h5-6H,3-4,7H2,1-2H3,(H,12,14). The molecule has 1 amide bonds. The van der Waals surface area contributed by atoms with Crippen molar-refractivity contribution in [1.29, 1.82) is 0 Å². The van der Waals surface area contributed by atoms with Gasteiger partial charge in [0.25, 0.3) is 0 Å². The highest BCUT2D eigenvalue weighted by Gasteiger charge is 2.49. The highest BCUT2D eigenvalue weighted by atomic mass is 16.5. The van der Waals surface area contributed by atoms with Gasteiger partial charge in [-0.2, -0.15) is 5.10 Å². The number of carbonyl (C=O) groups excluding carboxylic acids is 1. The van der Waals surface area contributed by atoms with Crippen molar-refractivity contribution in [3.8, 4) is 0 Å². The Morgan fingerprint density at radius 2 is 2.47 bits per heavy atom. The van der Waals surface area contributed by atoms with Crippen LogP contribution >= 0.6 is 0 Å². The van der Waals surface area contributed by atoms with Crippen molar-refractivity contribution in [2.45, 2.75) is 12.8 Å². The zero-order chi connectivity index (χ0) is 10.9. The van der Waals surface area contributed by atoms with Crippen molar-refractivity contribution in [1.82, 2.24) is 9.78 Å². The molecule has 0 aromatic carbocycles. The van der Waals surface area contributed by atoms with Gasteiger partial charge in [-0.05, 0) is 12.8 Å². The first-order valence-corrected chi connectivity index (χ1v) is 4.95. The second-order valence-corrected chi connectivity index (χ2v) is 4.07. The molecule has 1 fully saturated rings. The summed E-state index contributed by atoms with van der Waals surface area (Å²) in [6.07, 6.45) is 5.24. The molecule has 5 nitrogen and oxygen atoms in total. The Balaban J connectivity index is 1.98. The van der Waals surface area contributed by atoms with Crippen LogP contribution in [0.2, 0.25) is 0 Å². The van der Waals surface area contributed by atoms with E-state index in [1.807, 2.05) is 7.05 Å². The van der Waals surface area contributed by atoms with Gasteiger partial charge in [0.15, 0.2) is 0 Å². The SMILES string of the molecule is COCC1(C(=O)Nc2cnn(C)c2)CC1. The van der Waals surface area contributed by atoms with E-state index in [0.29, 0.717) is 6.61 Å². The number of aromatic nitrogens is 2. The van der Waals surface area contributed by atoms with E-state index in [9.17, 15) is 4.79 Å². The maximum absolute atomic E-state index is 11.9. The number of amides is 1. The predicted octanol–water partition coefficient (Wildman–Crippen LogP) is 0.785. The Morgan fingerprint density at radius 3 is 2.93 bits per heavy atom. The minimum absolute atomic E-state index is 0.0392. The highest BCUT2D eigenvalue weighted by molar-refractivity contribution is 5.97. The van der Waals surface area contributed by atoms with Crippen molar-refractivity contribution in [3.05, 3.63) is 12.4 Å². The average Bonchev–Trinajstić information content (AvgIpc) is 2.86. The van der Waals surface area contributed by atoms with E-state index in [1.165, 1.54) is 0 Å². The van der Waals surface area contributed by atoms with E-state index in [-0.39, 0.29) is 11.3 Å². The summed E-state index contributed by atoms with van der Waals surface area (Å²) in [6, 6.07) is 0. The first kappa shape index (κ1) is 10.2. The fraction of sp³-hybridized carbons (Fsp3) is 0.600. The summed E-state index contributed by atoms with van der Waals surface area (Å²) in [5.41, 5.74) is 0.454.